The summed E-state index contributed by atoms with van der Waals surface area (Å²) in [6.45, 7) is 0. The van der Waals surface area contributed by atoms with Crippen molar-refractivity contribution in [1.29, 1.82) is 0 Å². The Labute approximate surface area is 45.9 Å². The Hall–Kier alpha value is 0. The van der Waals surface area contributed by atoms with Crippen LogP contribution in [0.15, 0.2) is 0 Å². The van der Waals surface area contributed by atoms with E-state index in [-0.39, 0.29) is 7.43 Å². The molecule has 7 heavy (non-hydrogen) atoms. The van der Waals surface area contributed by atoms with Crippen LogP contribution in [0.4, 0.5) is 0 Å². The van der Waals surface area contributed by atoms with Gasteiger partial charge in [0, 0.05) is 0 Å². The Bertz CT molecular complexity index is 48.4. The molecule has 0 nitrogen and oxygen atoms in total. The van der Waals surface area contributed by atoms with E-state index in [1.54, 1.807) is 25.7 Å². The maximum absolute atomic E-state index is 1.56. The molecule has 42 valence electrons. The van der Waals surface area contributed by atoms with Crippen molar-refractivity contribution in [3.8, 4) is 0 Å². The summed E-state index contributed by atoms with van der Waals surface area (Å²) in [4.78, 5) is 0. The Morgan fingerprint density at radius 3 is 1.00 bits per heavy atom. The van der Waals surface area contributed by atoms with Crippen molar-refractivity contribution >= 4 is 0 Å². The minimum absolute atomic E-state index is 0. The van der Waals surface area contributed by atoms with E-state index in [9.17, 15) is 0 Å². The summed E-state index contributed by atoms with van der Waals surface area (Å²) in [6, 6.07) is 0. The molecule has 0 aromatic rings. The van der Waals surface area contributed by atoms with Gasteiger partial charge in [-0.1, -0.05) is 7.43 Å². The van der Waals surface area contributed by atoms with Gasteiger partial charge in [-0.15, -0.1) is 0 Å². The van der Waals surface area contributed by atoms with E-state index in [0.29, 0.717) is 0 Å². The second kappa shape index (κ2) is 1.50. The first-order valence-electron chi connectivity index (χ1n) is 2.97. The summed E-state index contributed by atoms with van der Waals surface area (Å²) in [5.74, 6) is 2.43. The number of fused-ring (bicyclic) bond motifs is 1. The third kappa shape index (κ3) is 0.490. The van der Waals surface area contributed by atoms with Gasteiger partial charge in [-0.2, -0.15) is 0 Å². The standard InChI is InChI=1S/C6H10.CH4/c1-2-6-4-3-5(1)6;/h5-6H,1-4H2;1H4. The largest absolute Gasteiger partial charge is 0.0776 e. The lowest BCUT2D eigenvalue weighted by molar-refractivity contribution is 0.0548. The van der Waals surface area contributed by atoms with Crippen LogP contribution < -0.4 is 0 Å². The van der Waals surface area contributed by atoms with Crippen LogP contribution >= 0.6 is 0 Å². The van der Waals surface area contributed by atoms with E-state index in [1.165, 1.54) is 11.8 Å². The predicted molar refractivity (Wildman–Crippen MR) is 32.2 cm³/mol. The second-order valence-electron chi connectivity index (χ2n) is 2.67. The molecule has 2 fully saturated rings. The number of rotatable bonds is 0. The normalized spacial score (nSPS) is 44.6. The molecule has 2 saturated carbocycles. The van der Waals surface area contributed by atoms with E-state index in [4.69, 9.17) is 0 Å². The molecule has 0 N–H and O–H groups in total. The predicted octanol–water partition coefficient (Wildman–Crippen LogP) is 2.44. The molecule has 0 aromatic carbocycles. The van der Waals surface area contributed by atoms with Gasteiger partial charge in [0.1, 0.15) is 0 Å². The lowest BCUT2D eigenvalue weighted by atomic mass is 9.60. The Morgan fingerprint density at radius 2 is 1.00 bits per heavy atom. The molecule has 0 radical (unpaired) electrons. The summed E-state index contributed by atoms with van der Waals surface area (Å²) in [7, 11) is 0. The molecule has 0 heterocycles. The Kier molecular flexibility index (Phi) is 1.10. The second-order valence-corrected chi connectivity index (χ2v) is 2.67. The van der Waals surface area contributed by atoms with Gasteiger partial charge < -0.3 is 0 Å². The maximum Gasteiger partial charge on any atom is -0.0386 e. The van der Waals surface area contributed by atoms with Crippen molar-refractivity contribution in [2.75, 3.05) is 0 Å². The quantitative estimate of drug-likeness (QED) is 0.436. The third-order valence-corrected chi connectivity index (χ3v) is 2.48. The molecule has 0 spiro atoms. The fourth-order valence-corrected chi connectivity index (χ4v) is 1.56. The summed E-state index contributed by atoms with van der Waals surface area (Å²) in [5, 5.41) is 0. The molecule has 2 rings (SSSR count). The molecule has 0 unspecified atom stereocenters. The average Bonchev–Trinajstić information content (AvgIpc) is 1.54. The lowest BCUT2D eigenvalue weighted by Crippen LogP contribution is -2.34. The molecule has 2 aliphatic rings. The van der Waals surface area contributed by atoms with E-state index < -0.39 is 0 Å². The fourth-order valence-electron chi connectivity index (χ4n) is 1.56. The Morgan fingerprint density at radius 1 is 0.714 bits per heavy atom. The molecule has 0 heteroatoms. The first kappa shape index (κ1) is 5.14. The highest BCUT2D eigenvalue weighted by Crippen LogP contribution is 2.49. The van der Waals surface area contributed by atoms with Gasteiger partial charge in [-0.25, -0.2) is 0 Å². The highest BCUT2D eigenvalue weighted by molar-refractivity contribution is 4.89. The number of hydrogen-bond donors (Lipinski definition) is 0. The van der Waals surface area contributed by atoms with Crippen molar-refractivity contribution < 1.29 is 0 Å². The van der Waals surface area contributed by atoms with Gasteiger partial charge in [-0.3, -0.25) is 0 Å². The van der Waals surface area contributed by atoms with Crippen molar-refractivity contribution in [1.82, 2.24) is 0 Å². The van der Waals surface area contributed by atoms with Gasteiger partial charge >= 0.3 is 0 Å². The fraction of sp³-hybridized carbons (Fsp3) is 1.00. The van der Waals surface area contributed by atoms with Crippen molar-refractivity contribution in [2.24, 2.45) is 11.8 Å². The Balaban J connectivity index is 0.000000245. The van der Waals surface area contributed by atoms with Gasteiger partial charge in [0.05, 0.1) is 0 Å². The van der Waals surface area contributed by atoms with E-state index in [0.717, 1.165) is 0 Å². The highest BCUT2D eigenvalue weighted by Gasteiger charge is 2.37. The minimum Gasteiger partial charge on any atom is -0.0776 e. The SMILES string of the molecule is C.C1CC2CCC12. The van der Waals surface area contributed by atoms with Crippen LogP contribution in [-0.2, 0) is 0 Å². The molecule has 0 aliphatic heterocycles. The zero-order valence-corrected chi connectivity index (χ0v) is 3.98. The van der Waals surface area contributed by atoms with Crippen LogP contribution in [0, 0.1) is 11.8 Å². The zero-order valence-electron chi connectivity index (χ0n) is 3.98. The molecule has 0 atom stereocenters. The van der Waals surface area contributed by atoms with E-state index in [1.807, 2.05) is 0 Å². The number of hydrogen-bond acceptors (Lipinski definition) is 0. The molecule has 0 amide bonds. The summed E-state index contributed by atoms with van der Waals surface area (Å²) >= 11 is 0. The summed E-state index contributed by atoms with van der Waals surface area (Å²) in [6.07, 6.45) is 6.24. The monoisotopic (exact) mass is 98.1 g/mol. The van der Waals surface area contributed by atoms with Crippen LogP contribution in [0.1, 0.15) is 33.1 Å². The minimum atomic E-state index is 0. The molecule has 2 aliphatic carbocycles. The van der Waals surface area contributed by atoms with Gasteiger partial charge in [-0.05, 0) is 37.5 Å². The van der Waals surface area contributed by atoms with Crippen LogP contribution in [0.25, 0.3) is 0 Å². The third-order valence-electron chi connectivity index (χ3n) is 2.48. The summed E-state index contributed by atoms with van der Waals surface area (Å²) < 4.78 is 0. The zero-order chi connectivity index (χ0) is 3.98. The van der Waals surface area contributed by atoms with Gasteiger partial charge in [0.2, 0.25) is 0 Å². The van der Waals surface area contributed by atoms with E-state index >= 15 is 0 Å². The first-order chi connectivity index (χ1) is 2.97. The lowest BCUT2D eigenvalue weighted by Gasteiger charge is -2.46. The van der Waals surface area contributed by atoms with Crippen LogP contribution in [0.2, 0.25) is 0 Å². The van der Waals surface area contributed by atoms with Crippen molar-refractivity contribution in [3.05, 3.63) is 0 Å². The van der Waals surface area contributed by atoms with Crippen LogP contribution in [0.3, 0.4) is 0 Å². The smallest absolute Gasteiger partial charge is 0.0386 e. The van der Waals surface area contributed by atoms with Crippen molar-refractivity contribution in [3.63, 3.8) is 0 Å². The van der Waals surface area contributed by atoms with Gasteiger partial charge in [0.25, 0.3) is 0 Å². The molecule has 0 bridgehead atoms. The maximum atomic E-state index is 1.56. The van der Waals surface area contributed by atoms with Crippen molar-refractivity contribution in [2.45, 2.75) is 33.1 Å². The first-order valence-corrected chi connectivity index (χ1v) is 2.97. The average molecular weight is 98.2 g/mol. The summed E-state index contributed by atoms with van der Waals surface area (Å²) in [5.41, 5.74) is 0. The van der Waals surface area contributed by atoms with Crippen LogP contribution in [0.5, 0.6) is 0 Å². The molecular formula is C7H14. The topological polar surface area (TPSA) is 0 Å². The molecule has 0 aromatic heterocycles. The molecule has 0 saturated heterocycles. The van der Waals surface area contributed by atoms with Crippen LogP contribution in [-0.4, -0.2) is 0 Å². The highest BCUT2D eigenvalue weighted by atomic mass is 14.4. The molecular weight excluding hydrogens is 84.1 g/mol. The van der Waals surface area contributed by atoms with E-state index in [2.05, 4.69) is 0 Å². The van der Waals surface area contributed by atoms with Gasteiger partial charge in [0.15, 0.2) is 0 Å².